The standard InChI is InChI=1S/C22H21FN2O6/c1-29-17-12-19(31-3)18(30-2)11-14(17)10-16-20(26)24-22(28)25(21(16)27)9-8-13-4-6-15(23)7-5-13/h4-7,10-12H,8-9H2,1-3H3,(H,24,26,28)/b16-10+. The summed E-state index contributed by atoms with van der Waals surface area (Å²) in [6, 6.07) is 8.04. The number of imide groups is 2. The van der Waals surface area contributed by atoms with Gasteiger partial charge in [-0.3, -0.25) is 19.8 Å². The van der Waals surface area contributed by atoms with Crippen LogP contribution in [0, 0.1) is 5.82 Å². The highest BCUT2D eigenvalue weighted by Gasteiger charge is 2.35. The Balaban J connectivity index is 1.90. The number of ether oxygens (including phenoxy) is 3. The Kier molecular flexibility index (Phi) is 6.54. The summed E-state index contributed by atoms with van der Waals surface area (Å²) in [6.45, 7) is 0.0178. The third kappa shape index (κ3) is 4.66. The summed E-state index contributed by atoms with van der Waals surface area (Å²) in [5.74, 6) is -0.798. The number of benzene rings is 2. The molecule has 2 aromatic carbocycles. The van der Waals surface area contributed by atoms with Crippen molar-refractivity contribution in [1.82, 2.24) is 10.2 Å². The van der Waals surface area contributed by atoms with Crippen molar-refractivity contribution < 1.29 is 33.0 Å². The predicted molar refractivity (Wildman–Crippen MR) is 109 cm³/mol. The van der Waals surface area contributed by atoms with Crippen molar-refractivity contribution in [2.24, 2.45) is 0 Å². The van der Waals surface area contributed by atoms with Gasteiger partial charge in [-0.05, 0) is 36.3 Å². The number of amides is 4. The second-order valence-electron chi connectivity index (χ2n) is 6.60. The molecule has 0 bridgehead atoms. The predicted octanol–water partition coefficient (Wildman–Crippen LogP) is 2.56. The van der Waals surface area contributed by atoms with Gasteiger partial charge in [0.1, 0.15) is 17.1 Å². The Hall–Kier alpha value is -3.88. The lowest BCUT2D eigenvalue weighted by atomic mass is 10.0. The molecule has 8 nitrogen and oxygen atoms in total. The van der Waals surface area contributed by atoms with Crippen molar-refractivity contribution in [1.29, 1.82) is 0 Å². The summed E-state index contributed by atoms with van der Waals surface area (Å²) in [5.41, 5.74) is 0.904. The van der Waals surface area contributed by atoms with E-state index in [0.717, 1.165) is 10.5 Å². The molecule has 2 aromatic rings. The molecule has 1 heterocycles. The first-order valence-corrected chi connectivity index (χ1v) is 9.31. The summed E-state index contributed by atoms with van der Waals surface area (Å²) in [5, 5.41) is 2.17. The van der Waals surface area contributed by atoms with Crippen LogP contribution in [0.2, 0.25) is 0 Å². The third-order valence-corrected chi connectivity index (χ3v) is 4.76. The number of nitrogens with zero attached hydrogens (tertiary/aromatic N) is 1. The zero-order chi connectivity index (χ0) is 22.5. The molecule has 0 aliphatic carbocycles. The summed E-state index contributed by atoms with van der Waals surface area (Å²) >= 11 is 0. The van der Waals surface area contributed by atoms with Crippen molar-refractivity contribution in [3.8, 4) is 17.2 Å². The van der Waals surface area contributed by atoms with Crippen LogP contribution in [0.3, 0.4) is 0 Å². The number of urea groups is 1. The average molecular weight is 428 g/mol. The second-order valence-corrected chi connectivity index (χ2v) is 6.60. The van der Waals surface area contributed by atoms with Gasteiger partial charge in [0, 0.05) is 18.2 Å². The fourth-order valence-corrected chi connectivity index (χ4v) is 3.11. The molecule has 3 rings (SSSR count). The molecule has 1 saturated heterocycles. The molecule has 0 saturated carbocycles. The quantitative estimate of drug-likeness (QED) is 0.538. The number of nitrogens with one attached hydrogen (secondary N) is 1. The minimum Gasteiger partial charge on any atom is -0.496 e. The van der Waals surface area contributed by atoms with E-state index in [9.17, 15) is 18.8 Å². The van der Waals surface area contributed by atoms with Crippen LogP contribution in [0.1, 0.15) is 11.1 Å². The van der Waals surface area contributed by atoms with Crippen LogP contribution in [0.25, 0.3) is 6.08 Å². The van der Waals surface area contributed by atoms with E-state index in [1.54, 1.807) is 24.3 Å². The number of halogens is 1. The fourth-order valence-electron chi connectivity index (χ4n) is 3.11. The van der Waals surface area contributed by atoms with Crippen molar-refractivity contribution in [3.63, 3.8) is 0 Å². The van der Waals surface area contributed by atoms with Crippen molar-refractivity contribution in [2.75, 3.05) is 27.9 Å². The van der Waals surface area contributed by atoms with E-state index < -0.39 is 17.8 Å². The Bertz CT molecular complexity index is 1050. The molecule has 0 spiro atoms. The molecule has 9 heteroatoms. The molecular weight excluding hydrogens is 407 g/mol. The minimum atomic E-state index is -0.815. The topological polar surface area (TPSA) is 94.2 Å². The number of methoxy groups -OCH3 is 3. The molecule has 162 valence electrons. The maximum Gasteiger partial charge on any atom is 0.331 e. The van der Waals surface area contributed by atoms with Gasteiger partial charge in [0.25, 0.3) is 11.8 Å². The summed E-state index contributed by atoms with van der Waals surface area (Å²) in [4.78, 5) is 38.4. The van der Waals surface area contributed by atoms with E-state index in [4.69, 9.17) is 14.2 Å². The first kappa shape index (κ1) is 21.8. The molecule has 4 amide bonds. The van der Waals surface area contributed by atoms with E-state index in [1.165, 1.54) is 39.5 Å². The first-order chi connectivity index (χ1) is 14.9. The van der Waals surface area contributed by atoms with Crippen molar-refractivity contribution in [2.45, 2.75) is 6.42 Å². The van der Waals surface area contributed by atoms with Gasteiger partial charge in [0.2, 0.25) is 0 Å². The lowest BCUT2D eigenvalue weighted by molar-refractivity contribution is -0.130. The summed E-state index contributed by atoms with van der Waals surface area (Å²) in [6.07, 6.45) is 1.64. The van der Waals surface area contributed by atoms with Gasteiger partial charge in [-0.1, -0.05) is 12.1 Å². The number of barbiturate groups is 1. The molecule has 0 radical (unpaired) electrons. The van der Waals surface area contributed by atoms with Gasteiger partial charge in [-0.2, -0.15) is 0 Å². The van der Waals surface area contributed by atoms with Gasteiger partial charge in [0.15, 0.2) is 11.5 Å². The van der Waals surface area contributed by atoms with Crippen molar-refractivity contribution >= 4 is 23.9 Å². The zero-order valence-corrected chi connectivity index (χ0v) is 17.2. The van der Waals surface area contributed by atoms with Crippen LogP contribution in [0.15, 0.2) is 42.0 Å². The van der Waals surface area contributed by atoms with Gasteiger partial charge in [0.05, 0.1) is 21.3 Å². The molecule has 0 unspecified atom stereocenters. The monoisotopic (exact) mass is 428 g/mol. The highest BCUT2D eigenvalue weighted by molar-refractivity contribution is 6.31. The van der Waals surface area contributed by atoms with Crippen molar-refractivity contribution in [3.05, 3.63) is 58.9 Å². The molecular formula is C22H21FN2O6. The second kappa shape index (κ2) is 9.29. The van der Waals surface area contributed by atoms with E-state index in [2.05, 4.69) is 5.32 Å². The highest BCUT2D eigenvalue weighted by atomic mass is 19.1. The number of carbonyl (C=O) groups is 3. The lowest BCUT2D eigenvalue weighted by Crippen LogP contribution is -2.54. The molecule has 1 N–H and O–H groups in total. The molecule has 1 fully saturated rings. The van der Waals surface area contributed by atoms with Crippen LogP contribution >= 0.6 is 0 Å². The zero-order valence-electron chi connectivity index (χ0n) is 17.2. The smallest absolute Gasteiger partial charge is 0.331 e. The van der Waals surface area contributed by atoms with E-state index >= 15 is 0 Å². The largest absolute Gasteiger partial charge is 0.496 e. The van der Waals surface area contributed by atoms with Crippen LogP contribution in [0.5, 0.6) is 17.2 Å². The van der Waals surface area contributed by atoms with Gasteiger partial charge >= 0.3 is 6.03 Å². The van der Waals surface area contributed by atoms with Crippen LogP contribution in [0.4, 0.5) is 9.18 Å². The van der Waals surface area contributed by atoms with Gasteiger partial charge in [-0.25, -0.2) is 9.18 Å². The molecule has 1 aliphatic rings. The Morgan fingerprint density at radius 2 is 1.55 bits per heavy atom. The Labute approximate surface area is 178 Å². The number of carbonyl (C=O) groups excluding carboxylic acids is 3. The molecule has 1 aliphatic heterocycles. The molecule has 31 heavy (non-hydrogen) atoms. The van der Waals surface area contributed by atoms with Crippen LogP contribution in [-0.4, -0.2) is 50.6 Å². The highest BCUT2D eigenvalue weighted by Crippen LogP contribution is 2.36. The fraction of sp³-hybridized carbons (Fsp3) is 0.227. The maximum absolute atomic E-state index is 13.1. The van der Waals surface area contributed by atoms with Gasteiger partial charge < -0.3 is 14.2 Å². The normalized spacial score (nSPS) is 15.2. The SMILES string of the molecule is COc1cc(OC)c(OC)cc1/C=C1\C(=O)NC(=O)N(CCc2ccc(F)cc2)C1=O. The van der Waals surface area contributed by atoms with Crippen LogP contribution < -0.4 is 19.5 Å². The van der Waals surface area contributed by atoms with Crippen LogP contribution in [-0.2, 0) is 16.0 Å². The first-order valence-electron chi connectivity index (χ1n) is 9.31. The number of rotatable bonds is 7. The molecule has 0 atom stereocenters. The summed E-state index contributed by atoms with van der Waals surface area (Å²) < 4.78 is 28.9. The van der Waals surface area contributed by atoms with E-state index in [0.29, 0.717) is 29.2 Å². The Morgan fingerprint density at radius 1 is 0.935 bits per heavy atom. The third-order valence-electron chi connectivity index (χ3n) is 4.76. The Morgan fingerprint density at radius 3 is 2.16 bits per heavy atom. The van der Waals surface area contributed by atoms with E-state index in [-0.39, 0.29) is 17.9 Å². The number of hydrogen-bond donors (Lipinski definition) is 1. The maximum atomic E-state index is 13.1. The van der Waals surface area contributed by atoms with E-state index in [1.807, 2.05) is 0 Å². The lowest BCUT2D eigenvalue weighted by Gasteiger charge is -2.26. The minimum absolute atomic E-state index is 0.0178. The summed E-state index contributed by atoms with van der Waals surface area (Å²) in [7, 11) is 4.36. The average Bonchev–Trinajstić information content (AvgIpc) is 2.77. The number of hydrogen-bond acceptors (Lipinski definition) is 6. The van der Waals surface area contributed by atoms with Gasteiger partial charge in [-0.15, -0.1) is 0 Å². The molecule has 0 aromatic heterocycles.